The highest BCUT2D eigenvalue weighted by Crippen LogP contribution is 2.29. The summed E-state index contributed by atoms with van der Waals surface area (Å²) in [4.78, 5) is 2.72. The average Bonchev–Trinajstić information content (AvgIpc) is 3.12. The van der Waals surface area contributed by atoms with Gasteiger partial charge in [0.15, 0.2) is 0 Å². The van der Waals surface area contributed by atoms with E-state index in [9.17, 15) is 0 Å². The molecule has 2 rings (SSSR count). The number of rotatable bonds is 7. The van der Waals surface area contributed by atoms with Crippen LogP contribution in [0, 0.1) is 11.8 Å². The van der Waals surface area contributed by atoms with Crippen molar-refractivity contribution in [1.29, 1.82) is 0 Å². The summed E-state index contributed by atoms with van der Waals surface area (Å²) in [6.07, 6.45) is 8.32. The molecule has 0 aromatic heterocycles. The molecule has 19 heavy (non-hydrogen) atoms. The summed E-state index contributed by atoms with van der Waals surface area (Å²) in [5.41, 5.74) is 0. The van der Waals surface area contributed by atoms with Crippen LogP contribution in [-0.4, -0.2) is 36.1 Å². The number of likely N-dealkylation sites (tertiary alicyclic amines) is 1. The Bertz CT molecular complexity index is 240. The first-order chi connectivity index (χ1) is 9.04. The minimum atomic E-state index is 0.734. The molecule has 2 aliphatic rings. The van der Waals surface area contributed by atoms with Crippen LogP contribution in [0.25, 0.3) is 0 Å². The maximum atomic E-state index is 3.97. The van der Waals surface area contributed by atoms with E-state index in [0.29, 0.717) is 0 Å². The highest BCUT2D eigenvalue weighted by atomic mass is 15.2. The summed E-state index contributed by atoms with van der Waals surface area (Å²) < 4.78 is 0. The topological polar surface area (TPSA) is 15.3 Å². The summed E-state index contributed by atoms with van der Waals surface area (Å²) in [6, 6.07) is 2.47. The highest BCUT2D eigenvalue weighted by Gasteiger charge is 2.32. The molecule has 1 saturated carbocycles. The van der Waals surface area contributed by atoms with E-state index >= 15 is 0 Å². The van der Waals surface area contributed by atoms with Gasteiger partial charge in [-0.3, -0.25) is 0 Å². The summed E-state index contributed by atoms with van der Waals surface area (Å²) in [5, 5.41) is 3.97. The van der Waals surface area contributed by atoms with Crippen LogP contribution in [0.2, 0.25) is 0 Å². The van der Waals surface area contributed by atoms with Gasteiger partial charge in [0, 0.05) is 18.1 Å². The van der Waals surface area contributed by atoms with Gasteiger partial charge in [0.05, 0.1) is 0 Å². The van der Waals surface area contributed by atoms with Crippen molar-refractivity contribution in [3.05, 3.63) is 0 Å². The minimum absolute atomic E-state index is 0.734. The number of nitrogens with zero attached hydrogens (tertiary/aromatic N) is 1. The lowest BCUT2D eigenvalue weighted by Gasteiger charge is -2.35. The monoisotopic (exact) mass is 266 g/mol. The molecular weight excluding hydrogens is 232 g/mol. The van der Waals surface area contributed by atoms with Crippen LogP contribution < -0.4 is 5.32 Å². The van der Waals surface area contributed by atoms with E-state index in [0.717, 1.165) is 30.0 Å². The van der Waals surface area contributed by atoms with Crippen molar-refractivity contribution in [3.63, 3.8) is 0 Å². The van der Waals surface area contributed by atoms with Gasteiger partial charge in [0.25, 0.3) is 0 Å². The molecule has 0 radical (unpaired) electrons. The van der Waals surface area contributed by atoms with Crippen molar-refractivity contribution in [2.45, 2.75) is 84.3 Å². The van der Waals surface area contributed by atoms with Crippen LogP contribution in [0.4, 0.5) is 0 Å². The largest absolute Gasteiger partial charge is 0.311 e. The fourth-order valence-corrected chi connectivity index (χ4v) is 3.57. The molecule has 0 aromatic carbocycles. The van der Waals surface area contributed by atoms with Gasteiger partial charge in [-0.15, -0.1) is 0 Å². The summed E-state index contributed by atoms with van der Waals surface area (Å²) in [5.74, 6) is 1.62. The second-order valence-corrected chi connectivity index (χ2v) is 7.66. The van der Waals surface area contributed by atoms with Gasteiger partial charge in [-0.1, -0.05) is 27.7 Å². The Morgan fingerprint density at radius 2 is 1.42 bits per heavy atom. The summed E-state index contributed by atoms with van der Waals surface area (Å²) in [7, 11) is 0. The second kappa shape index (κ2) is 7.08. The van der Waals surface area contributed by atoms with E-state index in [1.165, 1.54) is 51.6 Å². The molecule has 0 bridgehead atoms. The number of piperidine rings is 1. The third kappa shape index (κ3) is 5.43. The van der Waals surface area contributed by atoms with Crippen molar-refractivity contribution >= 4 is 0 Å². The predicted octanol–water partition coefficient (Wildman–Crippen LogP) is 3.66. The van der Waals surface area contributed by atoms with Gasteiger partial charge in [0.1, 0.15) is 0 Å². The van der Waals surface area contributed by atoms with Gasteiger partial charge >= 0.3 is 0 Å². The first kappa shape index (κ1) is 15.3. The fourth-order valence-electron chi connectivity index (χ4n) is 3.57. The van der Waals surface area contributed by atoms with Gasteiger partial charge in [0.2, 0.25) is 0 Å². The molecule has 0 atom stereocenters. The van der Waals surface area contributed by atoms with E-state index in [1.54, 1.807) is 0 Å². The SMILES string of the molecule is CC(C)CC(CC(C)C)NC1CCN(C2CC2)CC1. The molecule has 1 saturated heterocycles. The molecule has 2 nitrogen and oxygen atoms in total. The third-order valence-electron chi connectivity index (χ3n) is 4.58. The maximum Gasteiger partial charge on any atom is 0.00964 e. The molecule has 112 valence electrons. The maximum absolute atomic E-state index is 3.97. The van der Waals surface area contributed by atoms with Crippen LogP contribution in [0.3, 0.4) is 0 Å². The smallest absolute Gasteiger partial charge is 0.00964 e. The molecular formula is C17H34N2. The molecule has 2 fully saturated rings. The Morgan fingerprint density at radius 3 is 1.84 bits per heavy atom. The first-order valence-electron chi connectivity index (χ1n) is 8.54. The van der Waals surface area contributed by atoms with E-state index in [4.69, 9.17) is 0 Å². The van der Waals surface area contributed by atoms with Crippen molar-refractivity contribution < 1.29 is 0 Å². The van der Waals surface area contributed by atoms with Crippen molar-refractivity contribution in [2.75, 3.05) is 13.1 Å². The molecule has 1 aliphatic carbocycles. The lowest BCUT2D eigenvalue weighted by atomic mass is 9.93. The standard InChI is InChI=1S/C17H34N2/c1-13(2)11-16(12-14(3)4)18-15-7-9-19(10-8-15)17-5-6-17/h13-18H,5-12H2,1-4H3. The van der Waals surface area contributed by atoms with E-state index in [1.807, 2.05) is 0 Å². The predicted molar refractivity (Wildman–Crippen MR) is 83.5 cm³/mol. The zero-order chi connectivity index (χ0) is 13.8. The van der Waals surface area contributed by atoms with Gasteiger partial charge in [-0.25, -0.2) is 0 Å². The van der Waals surface area contributed by atoms with E-state index in [2.05, 4.69) is 37.9 Å². The quantitative estimate of drug-likeness (QED) is 0.756. The van der Waals surface area contributed by atoms with Crippen LogP contribution in [0.1, 0.15) is 66.2 Å². The van der Waals surface area contributed by atoms with Gasteiger partial charge in [-0.05, 0) is 63.5 Å². The Morgan fingerprint density at radius 1 is 0.895 bits per heavy atom. The number of hydrogen-bond acceptors (Lipinski definition) is 2. The van der Waals surface area contributed by atoms with E-state index < -0.39 is 0 Å². The molecule has 0 aromatic rings. The molecule has 0 amide bonds. The van der Waals surface area contributed by atoms with Crippen molar-refractivity contribution in [1.82, 2.24) is 10.2 Å². The zero-order valence-electron chi connectivity index (χ0n) is 13.5. The molecule has 2 heteroatoms. The Hall–Kier alpha value is -0.0800. The van der Waals surface area contributed by atoms with Crippen LogP contribution >= 0.6 is 0 Å². The van der Waals surface area contributed by atoms with Crippen molar-refractivity contribution in [2.24, 2.45) is 11.8 Å². The van der Waals surface area contributed by atoms with Crippen molar-refractivity contribution in [3.8, 4) is 0 Å². The first-order valence-corrected chi connectivity index (χ1v) is 8.54. The zero-order valence-corrected chi connectivity index (χ0v) is 13.5. The Balaban J connectivity index is 1.73. The second-order valence-electron chi connectivity index (χ2n) is 7.66. The molecule has 0 spiro atoms. The number of nitrogens with one attached hydrogen (secondary N) is 1. The molecule has 1 aliphatic heterocycles. The highest BCUT2D eigenvalue weighted by molar-refractivity contribution is 4.89. The normalized spacial score (nSPS) is 22.9. The van der Waals surface area contributed by atoms with Gasteiger partial charge < -0.3 is 10.2 Å². The Labute approximate surface area is 120 Å². The van der Waals surface area contributed by atoms with E-state index in [-0.39, 0.29) is 0 Å². The molecule has 0 unspecified atom stereocenters. The lowest BCUT2D eigenvalue weighted by molar-refractivity contribution is 0.176. The molecule has 1 heterocycles. The average molecular weight is 266 g/mol. The number of hydrogen-bond donors (Lipinski definition) is 1. The summed E-state index contributed by atoms with van der Waals surface area (Å²) in [6.45, 7) is 12.1. The van der Waals surface area contributed by atoms with Crippen LogP contribution in [0.15, 0.2) is 0 Å². The Kier molecular flexibility index (Phi) is 5.70. The fraction of sp³-hybridized carbons (Fsp3) is 1.00. The minimum Gasteiger partial charge on any atom is -0.311 e. The van der Waals surface area contributed by atoms with Crippen LogP contribution in [0.5, 0.6) is 0 Å². The summed E-state index contributed by atoms with van der Waals surface area (Å²) >= 11 is 0. The lowest BCUT2D eigenvalue weighted by Crippen LogP contribution is -2.47. The van der Waals surface area contributed by atoms with Crippen LogP contribution in [-0.2, 0) is 0 Å². The third-order valence-corrected chi connectivity index (χ3v) is 4.58. The molecule has 1 N–H and O–H groups in total. The van der Waals surface area contributed by atoms with Gasteiger partial charge in [-0.2, -0.15) is 0 Å².